The number of nitrogen functional groups attached to an aromatic ring is 1. The Morgan fingerprint density at radius 1 is 1.53 bits per heavy atom. The number of hydrogen-bond donors (Lipinski definition) is 3. The minimum absolute atomic E-state index is 0.238. The van der Waals surface area contributed by atoms with E-state index in [0.717, 1.165) is 0 Å². The van der Waals surface area contributed by atoms with Gasteiger partial charge in [-0.1, -0.05) is 0 Å². The largest absolute Gasteiger partial charge is 0.481 e. The lowest BCUT2D eigenvalue weighted by atomic mass is 9.97. The van der Waals surface area contributed by atoms with E-state index < -0.39 is 5.97 Å². The molecule has 2 rings (SSSR count). The molecule has 0 unspecified atom stereocenters. The standard InChI is InChI=1S/C8H13N5O2/c9-7-10-8(12-11-7)13-3-1-5(2-4-13)6(14)15/h5H,1-4H2,(H,14,15)(H3,9,10,11,12). The van der Waals surface area contributed by atoms with Crippen LogP contribution in [0.5, 0.6) is 0 Å². The molecule has 7 heteroatoms. The van der Waals surface area contributed by atoms with Crippen LogP contribution < -0.4 is 10.6 Å². The van der Waals surface area contributed by atoms with Crippen molar-refractivity contribution >= 4 is 17.9 Å². The number of aliphatic carboxylic acids is 1. The summed E-state index contributed by atoms with van der Waals surface area (Å²) in [5.41, 5.74) is 5.41. The van der Waals surface area contributed by atoms with Crippen LogP contribution in [0.15, 0.2) is 0 Å². The SMILES string of the molecule is Nc1nc(N2CCC(C(=O)O)CC2)n[nH]1. The van der Waals surface area contributed by atoms with E-state index in [1.807, 2.05) is 4.90 Å². The van der Waals surface area contributed by atoms with Crippen molar-refractivity contribution in [1.29, 1.82) is 0 Å². The normalized spacial score (nSPS) is 18.0. The van der Waals surface area contributed by atoms with Gasteiger partial charge in [0.25, 0.3) is 0 Å². The summed E-state index contributed by atoms with van der Waals surface area (Å²) >= 11 is 0. The first-order valence-corrected chi connectivity index (χ1v) is 4.82. The van der Waals surface area contributed by atoms with Crippen molar-refractivity contribution < 1.29 is 9.90 Å². The van der Waals surface area contributed by atoms with Gasteiger partial charge in [0.05, 0.1) is 5.92 Å². The number of nitrogens with one attached hydrogen (secondary N) is 1. The van der Waals surface area contributed by atoms with Gasteiger partial charge in [-0.2, -0.15) is 4.98 Å². The van der Waals surface area contributed by atoms with Crippen LogP contribution in [0.4, 0.5) is 11.9 Å². The van der Waals surface area contributed by atoms with Gasteiger partial charge in [-0.15, -0.1) is 5.10 Å². The molecule has 15 heavy (non-hydrogen) atoms. The smallest absolute Gasteiger partial charge is 0.306 e. The first-order chi connectivity index (χ1) is 7.16. The zero-order valence-electron chi connectivity index (χ0n) is 8.18. The molecule has 1 aromatic rings. The van der Waals surface area contributed by atoms with E-state index >= 15 is 0 Å². The quantitative estimate of drug-likeness (QED) is 0.619. The number of aromatic nitrogens is 3. The predicted molar refractivity (Wildman–Crippen MR) is 53.4 cm³/mol. The maximum atomic E-state index is 10.7. The molecule has 0 saturated carbocycles. The van der Waals surface area contributed by atoms with E-state index in [1.54, 1.807) is 0 Å². The fourth-order valence-electron chi connectivity index (χ4n) is 1.73. The van der Waals surface area contributed by atoms with Gasteiger partial charge in [-0.05, 0) is 12.8 Å². The summed E-state index contributed by atoms with van der Waals surface area (Å²) in [7, 11) is 0. The second-order valence-corrected chi connectivity index (χ2v) is 3.62. The summed E-state index contributed by atoms with van der Waals surface area (Å²) in [5.74, 6) is -0.122. The molecule has 1 aromatic heterocycles. The maximum Gasteiger partial charge on any atom is 0.306 e. The lowest BCUT2D eigenvalue weighted by Crippen LogP contribution is -2.36. The Morgan fingerprint density at radius 3 is 2.67 bits per heavy atom. The van der Waals surface area contributed by atoms with Crippen LogP contribution in [0.2, 0.25) is 0 Å². The van der Waals surface area contributed by atoms with Crippen LogP contribution in [0, 0.1) is 5.92 Å². The first kappa shape index (κ1) is 9.75. The highest BCUT2D eigenvalue weighted by Gasteiger charge is 2.25. The van der Waals surface area contributed by atoms with E-state index in [4.69, 9.17) is 10.8 Å². The zero-order valence-corrected chi connectivity index (χ0v) is 8.18. The topological polar surface area (TPSA) is 108 Å². The molecular weight excluding hydrogens is 198 g/mol. The predicted octanol–water partition coefficient (Wildman–Crippen LogP) is -0.312. The number of anilines is 2. The summed E-state index contributed by atoms with van der Waals surface area (Å²) in [6.45, 7) is 1.32. The van der Waals surface area contributed by atoms with Gasteiger partial charge in [-0.3, -0.25) is 4.79 Å². The van der Waals surface area contributed by atoms with Crippen molar-refractivity contribution in [3.05, 3.63) is 0 Å². The van der Waals surface area contributed by atoms with E-state index in [9.17, 15) is 4.79 Å². The Labute approximate surface area is 86.3 Å². The van der Waals surface area contributed by atoms with Crippen LogP contribution in [-0.4, -0.2) is 39.3 Å². The highest BCUT2D eigenvalue weighted by Crippen LogP contribution is 2.20. The summed E-state index contributed by atoms with van der Waals surface area (Å²) in [4.78, 5) is 16.7. The van der Waals surface area contributed by atoms with E-state index in [0.29, 0.717) is 31.9 Å². The third kappa shape index (κ3) is 2.00. The van der Waals surface area contributed by atoms with Crippen molar-refractivity contribution in [2.75, 3.05) is 23.7 Å². The van der Waals surface area contributed by atoms with Crippen LogP contribution >= 0.6 is 0 Å². The van der Waals surface area contributed by atoms with Crippen molar-refractivity contribution in [1.82, 2.24) is 15.2 Å². The molecule has 0 atom stereocenters. The lowest BCUT2D eigenvalue weighted by molar-refractivity contribution is -0.142. The Kier molecular flexibility index (Phi) is 2.44. The number of carboxylic acid groups (broad SMARTS) is 1. The molecule has 1 fully saturated rings. The minimum Gasteiger partial charge on any atom is -0.481 e. The molecule has 0 bridgehead atoms. The Hall–Kier alpha value is -1.79. The van der Waals surface area contributed by atoms with Gasteiger partial charge in [0.2, 0.25) is 11.9 Å². The van der Waals surface area contributed by atoms with Crippen molar-refractivity contribution in [2.24, 2.45) is 5.92 Å². The number of carboxylic acids is 1. The number of hydrogen-bond acceptors (Lipinski definition) is 5. The summed E-state index contributed by atoms with van der Waals surface area (Å²) in [6.07, 6.45) is 1.26. The van der Waals surface area contributed by atoms with Crippen molar-refractivity contribution in [2.45, 2.75) is 12.8 Å². The molecule has 0 aromatic carbocycles. The van der Waals surface area contributed by atoms with Crippen LogP contribution in [0.25, 0.3) is 0 Å². The van der Waals surface area contributed by atoms with Gasteiger partial charge in [0.1, 0.15) is 0 Å². The van der Waals surface area contributed by atoms with Gasteiger partial charge < -0.3 is 15.7 Å². The van der Waals surface area contributed by atoms with Crippen molar-refractivity contribution in [3.8, 4) is 0 Å². The average molecular weight is 211 g/mol. The Morgan fingerprint density at radius 2 is 2.20 bits per heavy atom. The molecule has 0 radical (unpaired) electrons. The van der Waals surface area contributed by atoms with Gasteiger partial charge in [0.15, 0.2) is 0 Å². The molecule has 82 valence electrons. The summed E-state index contributed by atoms with van der Waals surface area (Å²) < 4.78 is 0. The fourth-order valence-corrected chi connectivity index (χ4v) is 1.73. The lowest BCUT2D eigenvalue weighted by Gasteiger charge is -2.28. The molecule has 0 aliphatic carbocycles. The summed E-state index contributed by atoms with van der Waals surface area (Å²) in [6, 6.07) is 0. The molecule has 1 aliphatic heterocycles. The molecule has 1 saturated heterocycles. The van der Waals surface area contributed by atoms with Crippen molar-refractivity contribution in [3.63, 3.8) is 0 Å². The molecular formula is C8H13N5O2. The van der Waals surface area contributed by atoms with Gasteiger partial charge in [-0.25, -0.2) is 5.10 Å². The highest BCUT2D eigenvalue weighted by atomic mass is 16.4. The highest BCUT2D eigenvalue weighted by molar-refractivity contribution is 5.70. The number of aromatic amines is 1. The van der Waals surface area contributed by atoms with E-state index in [2.05, 4.69) is 15.2 Å². The maximum absolute atomic E-state index is 10.7. The second-order valence-electron chi connectivity index (χ2n) is 3.62. The molecule has 2 heterocycles. The first-order valence-electron chi connectivity index (χ1n) is 4.82. The minimum atomic E-state index is -0.718. The third-order valence-corrected chi connectivity index (χ3v) is 2.62. The molecule has 0 spiro atoms. The van der Waals surface area contributed by atoms with E-state index in [1.165, 1.54) is 0 Å². The third-order valence-electron chi connectivity index (χ3n) is 2.62. The molecule has 1 aliphatic rings. The monoisotopic (exact) mass is 211 g/mol. The Balaban J connectivity index is 1.96. The number of nitrogens with zero attached hydrogens (tertiary/aromatic N) is 3. The average Bonchev–Trinajstić information content (AvgIpc) is 2.65. The number of carbonyl (C=O) groups is 1. The molecule has 4 N–H and O–H groups in total. The van der Waals surface area contributed by atoms with Gasteiger partial charge >= 0.3 is 5.97 Å². The van der Waals surface area contributed by atoms with Crippen LogP contribution in [-0.2, 0) is 4.79 Å². The Bertz CT molecular complexity index is 356. The van der Waals surface area contributed by atoms with Gasteiger partial charge in [0, 0.05) is 13.1 Å². The second kappa shape index (κ2) is 3.76. The number of piperidine rings is 1. The number of rotatable bonds is 2. The van der Waals surface area contributed by atoms with Crippen LogP contribution in [0.1, 0.15) is 12.8 Å². The van der Waals surface area contributed by atoms with Crippen LogP contribution in [0.3, 0.4) is 0 Å². The number of nitrogens with two attached hydrogens (primary N) is 1. The fraction of sp³-hybridized carbons (Fsp3) is 0.625. The summed E-state index contributed by atoms with van der Waals surface area (Å²) in [5, 5.41) is 15.3. The molecule has 0 amide bonds. The number of H-pyrrole nitrogens is 1. The molecule has 7 nitrogen and oxygen atoms in total. The zero-order chi connectivity index (χ0) is 10.8. The van der Waals surface area contributed by atoms with E-state index in [-0.39, 0.29) is 11.9 Å².